The Hall–Kier alpha value is -3.90. The summed E-state index contributed by atoms with van der Waals surface area (Å²) in [5, 5.41) is 1.25. The molecule has 0 unspecified atom stereocenters. The van der Waals surface area contributed by atoms with E-state index in [4.69, 9.17) is 23.3 Å². The van der Waals surface area contributed by atoms with Crippen LogP contribution >= 0.6 is 0 Å². The highest BCUT2D eigenvalue weighted by molar-refractivity contribution is 6.15. The van der Waals surface area contributed by atoms with Crippen molar-refractivity contribution in [3.8, 4) is 22.4 Å². The molecular weight excluding hydrogens is 404 g/mol. The predicted octanol–water partition coefficient (Wildman–Crippen LogP) is 7.78. The van der Waals surface area contributed by atoms with Crippen LogP contribution in [0.25, 0.3) is 49.2 Å². The van der Waals surface area contributed by atoms with Crippen LogP contribution in [0.2, 0.25) is 0 Å². The van der Waals surface area contributed by atoms with Gasteiger partial charge in [0.1, 0.15) is 18.2 Å². The van der Waals surface area contributed by atoms with E-state index < -0.39 is 37.1 Å². The molecule has 33 heavy (non-hydrogen) atoms. The van der Waals surface area contributed by atoms with Crippen LogP contribution in [-0.2, 0) is 13.5 Å². The van der Waals surface area contributed by atoms with Crippen molar-refractivity contribution in [3.05, 3.63) is 94.3 Å². The number of fused-ring (bicyclic) bond motifs is 3. The van der Waals surface area contributed by atoms with E-state index in [2.05, 4.69) is 4.85 Å². The van der Waals surface area contributed by atoms with Gasteiger partial charge in [-0.15, -0.1) is 0 Å². The van der Waals surface area contributed by atoms with Crippen molar-refractivity contribution in [2.45, 2.75) is 34.0 Å². The Balaban J connectivity index is 1.93. The largest absolute Gasteiger partial charge is 0.456 e. The molecule has 3 heteroatoms. The minimum atomic E-state index is -2.20. The molecule has 0 radical (unpaired) electrons. The molecule has 0 aliphatic rings. The summed E-state index contributed by atoms with van der Waals surface area (Å²) >= 11 is 0. The zero-order chi connectivity index (χ0) is 31.0. The van der Waals surface area contributed by atoms with E-state index in [1.165, 1.54) is 0 Å². The summed E-state index contributed by atoms with van der Waals surface area (Å²) < 4.78 is 82.3. The number of benzene rings is 3. The van der Waals surface area contributed by atoms with Crippen LogP contribution in [-0.4, -0.2) is 0 Å². The second-order valence-corrected chi connectivity index (χ2v) is 8.08. The third-order valence-electron chi connectivity index (χ3n) is 6.31. The Bertz CT molecular complexity index is 1960. The van der Waals surface area contributed by atoms with Crippen molar-refractivity contribution >= 4 is 27.6 Å². The highest BCUT2D eigenvalue weighted by Crippen LogP contribution is 2.44. The maximum absolute atomic E-state index is 9.09. The van der Waals surface area contributed by atoms with E-state index in [-0.39, 0.29) is 34.9 Å². The third-order valence-corrected chi connectivity index (χ3v) is 6.31. The first kappa shape index (κ1) is 13.0. The van der Waals surface area contributed by atoms with Crippen molar-refractivity contribution < 1.29 is 21.3 Å². The zero-order valence-electron chi connectivity index (χ0n) is 27.8. The average molecular weight is 441 g/mol. The van der Waals surface area contributed by atoms with E-state index >= 15 is 0 Å². The number of pyridine rings is 1. The standard InChI is InChI=1S/C30H27N2O/c1-7-22-19(3)17-26(32(6)20(22)4)27-18(2)13-14-23-24-15-16-25(31-5)28(30(24)33-29(23)27)21-11-9-8-10-12-21/h8-17H,7H2,1-4,6H3/q+1/i1D3,8D,9D,10D,11D,12D,17D. The highest BCUT2D eigenvalue weighted by atomic mass is 16.3. The lowest BCUT2D eigenvalue weighted by molar-refractivity contribution is -0.667. The van der Waals surface area contributed by atoms with Gasteiger partial charge in [-0.25, -0.2) is 4.85 Å². The molecular formula is C30H27N2O+. The molecule has 0 atom stereocenters. The molecule has 0 aliphatic heterocycles. The molecule has 0 fully saturated rings. The lowest BCUT2D eigenvalue weighted by Gasteiger charge is -2.12. The molecule has 0 aliphatic carbocycles. The normalized spacial score (nSPS) is 15.5. The van der Waals surface area contributed by atoms with E-state index in [1.807, 2.05) is 26.0 Å². The van der Waals surface area contributed by atoms with E-state index in [9.17, 15) is 0 Å². The zero-order valence-corrected chi connectivity index (χ0v) is 18.8. The smallest absolute Gasteiger partial charge is 0.216 e. The number of nitrogens with zero attached hydrogens (tertiary/aromatic N) is 2. The summed E-state index contributed by atoms with van der Waals surface area (Å²) in [6.45, 7) is 11.0. The minimum Gasteiger partial charge on any atom is -0.456 e. The maximum atomic E-state index is 9.09. The van der Waals surface area contributed by atoms with E-state index in [0.29, 0.717) is 44.4 Å². The molecule has 3 aromatic carbocycles. The number of hydrogen-bond donors (Lipinski definition) is 0. The lowest BCUT2D eigenvalue weighted by atomic mass is 9.96. The van der Waals surface area contributed by atoms with Crippen LogP contribution in [0.15, 0.2) is 64.9 Å². The van der Waals surface area contributed by atoms with Gasteiger partial charge in [0.25, 0.3) is 0 Å². The quantitative estimate of drug-likeness (QED) is 0.207. The SMILES string of the molecule is [2H]c1c([2H])c([2H])c(-c2c([N+]#[C-])ccc3c2oc2c(-c4c([2H])c(C)c(CC([2H])([2H])[2H])c(C)[n+]4C)c(C)ccc23)c([2H])c1[2H]. The molecule has 5 rings (SSSR count). The van der Waals surface area contributed by atoms with Crippen LogP contribution in [0.5, 0.6) is 0 Å². The molecule has 162 valence electrons. The fourth-order valence-corrected chi connectivity index (χ4v) is 4.46. The van der Waals surface area contributed by atoms with Gasteiger partial charge in [0.15, 0.2) is 11.4 Å². The van der Waals surface area contributed by atoms with Crippen molar-refractivity contribution in [1.29, 1.82) is 0 Å². The van der Waals surface area contributed by atoms with Crippen LogP contribution < -0.4 is 4.57 Å². The van der Waals surface area contributed by atoms with Gasteiger partial charge >= 0.3 is 0 Å². The van der Waals surface area contributed by atoms with Gasteiger partial charge in [0.05, 0.1) is 20.4 Å². The van der Waals surface area contributed by atoms with Crippen LogP contribution in [0.4, 0.5) is 5.69 Å². The first-order valence-electron chi connectivity index (χ1n) is 15.0. The van der Waals surface area contributed by atoms with Gasteiger partial charge in [-0.1, -0.05) is 61.3 Å². The first-order chi connectivity index (χ1) is 19.6. The molecule has 2 aromatic heterocycles. The number of rotatable bonds is 3. The Kier molecular flexibility index (Phi) is 3.10. The topological polar surface area (TPSA) is 21.4 Å². The minimum absolute atomic E-state index is 0.0748. The third kappa shape index (κ3) is 3.14. The number of aromatic nitrogens is 1. The van der Waals surface area contributed by atoms with Gasteiger partial charge in [-0.05, 0) is 37.0 Å². The molecule has 0 bridgehead atoms. The Morgan fingerprint density at radius 3 is 2.36 bits per heavy atom. The van der Waals surface area contributed by atoms with Crippen molar-refractivity contribution in [3.63, 3.8) is 0 Å². The molecule has 3 nitrogen and oxygen atoms in total. The van der Waals surface area contributed by atoms with E-state index in [1.54, 1.807) is 30.7 Å². The summed E-state index contributed by atoms with van der Waals surface area (Å²) in [7, 11) is 1.78. The number of furan rings is 1. The van der Waals surface area contributed by atoms with Gasteiger partial charge in [0.2, 0.25) is 5.69 Å². The van der Waals surface area contributed by atoms with Gasteiger partial charge in [-0.2, -0.15) is 4.57 Å². The summed E-state index contributed by atoms with van der Waals surface area (Å²) in [6.07, 6.45) is -0.167. The van der Waals surface area contributed by atoms with Crippen LogP contribution in [0.1, 0.15) is 41.6 Å². The van der Waals surface area contributed by atoms with Gasteiger partial charge < -0.3 is 4.42 Å². The monoisotopic (exact) mass is 440 g/mol. The first-order valence-corrected chi connectivity index (χ1v) is 10.5. The molecule has 0 saturated carbocycles. The molecule has 0 N–H and O–H groups in total. The summed E-state index contributed by atoms with van der Waals surface area (Å²) in [6, 6.07) is 4.73. The predicted molar refractivity (Wildman–Crippen MR) is 136 cm³/mol. The Labute approximate surface area is 207 Å². The van der Waals surface area contributed by atoms with Crippen molar-refractivity contribution in [2.75, 3.05) is 0 Å². The summed E-state index contributed by atoms with van der Waals surface area (Å²) in [5.41, 5.74) is 4.45. The van der Waals surface area contributed by atoms with E-state index in [0.717, 1.165) is 5.56 Å². The van der Waals surface area contributed by atoms with Gasteiger partial charge in [0, 0.05) is 39.0 Å². The summed E-state index contributed by atoms with van der Waals surface area (Å²) in [5.74, 6) is 0. The van der Waals surface area contributed by atoms with Crippen molar-refractivity contribution in [1.82, 2.24) is 0 Å². The maximum Gasteiger partial charge on any atom is 0.216 e. The molecule has 0 spiro atoms. The number of hydrogen-bond acceptors (Lipinski definition) is 1. The Morgan fingerprint density at radius 2 is 1.67 bits per heavy atom. The van der Waals surface area contributed by atoms with Crippen LogP contribution in [0, 0.1) is 27.3 Å². The molecule has 0 amide bonds. The molecule has 2 heterocycles. The molecule has 0 saturated heterocycles. The van der Waals surface area contributed by atoms with Gasteiger partial charge in [-0.3, -0.25) is 0 Å². The highest BCUT2D eigenvalue weighted by Gasteiger charge is 2.25. The second-order valence-electron chi connectivity index (χ2n) is 8.08. The van der Waals surface area contributed by atoms with Crippen LogP contribution in [0.3, 0.4) is 0 Å². The lowest BCUT2D eigenvalue weighted by Crippen LogP contribution is -2.36. The Morgan fingerprint density at radius 1 is 0.970 bits per heavy atom. The fraction of sp³-hybridized carbons (Fsp3) is 0.200. The summed E-state index contributed by atoms with van der Waals surface area (Å²) in [4.78, 5) is 3.59. The average Bonchev–Trinajstić information content (AvgIpc) is 3.31. The number of aryl methyl sites for hydroxylation is 1. The molecule has 5 aromatic rings. The fourth-order valence-electron chi connectivity index (χ4n) is 4.46. The van der Waals surface area contributed by atoms with Crippen molar-refractivity contribution in [2.24, 2.45) is 7.05 Å². The second kappa shape index (κ2) is 7.90.